The van der Waals surface area contributed by atoms with Gasteiger partial charge in [0.25, 0.3) is 11.8 Å². The number of para-hydroxylation sites is 2. The van der Waals surface area contributed by atoms with Crippen molar-refractivity contribution in [2.24, 2.45) is 0 Å². The van der Waals surface area contributed by atoms with Crippen molar-refractivity contribution in [1.82, 2.24) is 29.9 Å². The van der Waals surface area contributed by atoms with Crippen LogP contribution in [0.15, 0.2) is 139 Å². The largest absolute Gasteiger partial charge is 0.368 e. The molecule has 4 aromatic heterocycles. The molecule has 0 aliphatic carbocycles. The number of aromatic nitrogens is 4. The lowest BCUT2D eigenvalue weighted by atomic mass is 9.94. The number of anilines is 4. The van der Waals surface area contributed by atoms with E-state index in [1.807, 2.05) is 60.3 Å². The van der Waals surface area contributed by atoms with Gasteiger partial charge >= 0.3 is 0 Å². The number of carbonyl (C=O) groups is 2. The molecule has 0 bridgehead atoms. The summed E-state index contributed by atoms with van der Waals surface area (Å²) in [6.45, 7) is 13.3. The fraction of sp³-hybridized carbons (Fsp3) is 0.321. The Morgan fingerprint density at radius 3 is 1.54 bits per heavy atom. The molecule has 2 N–H and O–H groups in total. The van der Waals surface area contributed by atoms with Crippen LogP contribution in [0.25, 0.3) is 21.8 Å². The van der Waals surface area contributed by atoms with Gasteiger partial charge in [0, 0.05) is 140 Å². The van der Waals surface area contributed by atoms with E-state index >= 15 is 0 Å². The van der Waals surface area contributed by atoms with Crippen LogP contribution in [0, 0.1) is 13.8 Å². The van der Waals surface area contributed by atoms with Gasteiger partial charge in [0.1, 0.15) is 11.3 Å². The topological polar surface area (TPSA) is 124 Å². The highest BCUT2D eigenvalue weighted by Crippen LogP contribution is 2.36. The zero-order chi connectivity index (χ0) is 46.8. The second-order valence-electron chi connectivity index (χ2n) is 18.9. The number of pyridine rings is 1. The Bertz CT molecular complexity index is 3050. The van der Waals surface area contributed by atoms with Gasteiger partial charge in [0.05, 0.1) is 17.8 Å². The molecule has 2 amide bonds. The summed E-state index contributed by atoms with van der Waals surface area (Å²) in [6, 6.07) is 37.8. The first-order chi connectivity index (χ1) is 33.9. The SMILES string of the molecule is Cc1noc(C)c1C(=O)N1c2ccccc2CCC1CN1CCN(c2cccc3[nH]ccc23)CC1.O=C(c1ccncc1)N1c2ccccc2CCC1CN1CCN(c2cccc3[nH]ccc23)CC1. The molecule has 0 radical (unpaired) electrons. The molecule has 12 rings (SSSR count). The minimum absolute atomic E-state index is 0.00354. The molecule has 0 saturated carbocycles. The van der Waals surface area contributed by atoms with Crippen molar-refractivity contribution in [1.29, 1.82) is 0 Å². The maximum absolute atomic E-state index is 13.8. The molecule has 4 aliphatic rings. The van der Waals surface area contributed by atoms with Crippen molar-refractivity contribution in [2.45, 2.75) is 51.6 Å². The van der Waals surface area contributed by atoms with Gasteiger partial charge in [0.2, 0.25) is 0 Å². The first kappa shape index (κ1) is 44.3. The van der Waals surface area contributed by atoms with E-state index in [4.69, 9.17) is 4.52 Å². The third kappa shape index (κ3) is 8.88. The number of benzene rings is 4. The molecule has 2 atom stereocenters. The number of aromatic amines is 2. The highest BCUT2D eigenvalue weighted by atomic mass is 16.5. The summed E-state index contributed by atoms with van der Waals surface area (Å²) in [5.41, 5.74) is 11.5. The number of piperazine rings is 2. The predicted molar refractivity (Wildman–Crippen MR) is 275 cm³/mol. The molecule has 69 heavy (non-hydrogen) atoms. The highest BCUT2D eigenvalue weighted by Gasteiger charge is 2.37. The predicted octanol–water partition coefficient (Wildman–Crippen LogP) is 8.90. The van der Waals surface area contributed by atoms with Crippen LogP contribution in [0.3, 0.4) is 0 Å². The standard InChI is InChI=1S/C28H31N5O2.C28H29N5O/c1-19-27(20(2)35-30-19)28(34)33-22(11-10-21-6-3-4-8-25(21)33)18-31-14-16-32(17-15-31)26-9-5-7-24-23(26)12-13-29-24;34-28(22-10-13-29-14-11-22)33-23(9-8-21-4-1-2-6-26(21)33)20-31-16-18-32(19-17-31)27-7-3-5-25-24(27)12-15-30-25/h3-9,12-13,22,29H,10-11,14-18H2,1-2H3;1-7,10-15,23,30H,8-9,16-20H2. The molecule has 0 spiro atoms. The summed E-state index contributed by atoms with van der Waals surface area (Å²) in [4.78, 5) is 52.3. The summed E-state index contributed by atoms with van der Waals surface area (Å²) in [5, 5.41) is 6.61. The first-order valence-corrected chi connectivity index (χ1v) is 24.6. The molecule has 2 unspecified atom stereocenters. The number of nitrogens with one attached hydrogen (secondary N) is 2. The lowest BCUT2D eigenvalue weighted by molar-refractivity contribution is 0.0954. The van der Waals surface area contributed by atoms with Crippen molar-refractivity contribution >= 4 is 56.4 Å². The average molecular weight is 921 g/mol. The molecule has 13 nitrogen and oxygen atoms in total. The van der Waals surface area contributed by atoms with E-state index in [2.05, 4.69) is 125 Å². The minimum Gasteiger partial charge on any atom is -0.368 e. The van der Waals surface area contributed by atoms with Crippen molar-refractivity contribution < 1.29 is 14.1 Å². The third-order valence-corrected chi connectivity index (χ3v) is 14.8. The lowest BCUT2D eigenvalue weighted by Crippen LogP contribution is -2.54. The van der Waals surface area contributed by atoms with E-state index in [0.29, 0.717) is 22.6 Å². The van der Waals surface area contributed by atoms with Gasteiger partial charge in [-0.3, -0.25) is 24.4 Å². The van der Waals surface area contributed by atoms with Crippen LogP contribution in [0.2, 0.25) is 0 Å². The molecule has 4 aliphatic heterocycles. The van der Waals surface area contributed by atoms with Crippen LogP contribution in [-0.2, 0) is 12.8 Å². The number of hydrogen-bond acceptors (Lipinski definition) is 9. The van der Waals surface area contributed by atoms with E-state index in [9.17, 15) is 9.59 Å². The second-order valence-corrected chi connectivity index (χ2v) is 18.9. The van der Waals surface area contributed by atoms with E-state index in [1.54, 1.807) is 12.4 Å². The Morgan fingerprint density at radius 2 is 1.04 bits per heavy atom. The normalized spacial score (nSPS) is 18.8. The van der Waals surface area contributed by atoms with E-state index < -0.39 is 0 Å². The zero-order valence-corrected chi connectivity index (χ0v) is 39.6. The van der Waals surface area contributed by atoms with Gasteiger partial charge in [-0.2, -0.15) is 0 Å². The summed E-state index contributed by atoms with van der Waals surface area (Å²) < 4.78 is 5.34. The molecule has 8 aromatic rings. The smallest absolute Gasteiger partial charge is 0.264 e. The Morgan fingerprint density at radius 1 is 0.565 bits per heavy atom. The van der Waals surface area contributed by atoms with E-state index in [0.717, 1.165) is 103 Å². The van der Waals surface area contributed by atoms with Crippen LogP contribution in [0.5, 0.6) is 0 Å². The monoisotopic (exact) mass is 920 g/mol. The molecular weight excluding hydrogens is 861 g/mol. The molecule has 8 heterocycles. The summed E-state index contributed by atoms with van der Waals surface area (Å²) in [5.74, 6) is 0.648. The Labute approximate surface area is 403 Å². The number of hydrogen-bond donors (Lipinski definition) is 2. The quantitative estimate of drug-likeness (QED) is 0.154. The van der Waals surface area contributed by atoms with Gasteiger partial charge in [-0.1, -0.05) is 53.7 Å². The van der Waals surface area contributed by atoms with Crippen molar-refractivity contribution in [3.63, 3.8) is 0 Å². The lowest BCUT2D eigenvalue weighted by Gasteiger charge is -2.42. The maximum Gasteiger partial charge on any atom is 0.264 e. The Balaban J connectivity index is 0.000000151. The summed E-state index contributed by atoms with van der Waals surface area (Å²) >= 11 is 0. The van der Waals surface area contributed by atoms with Crippen LogP contribution in [-0.4, -0.2) is 119 Å². The number of nitrogens with zero attached hydrogens (tertiary/aromatic N) is 8. The molecule has 2 fully saturated rings. The van der Waals surface area contributed by atoms with Crippen LogP contribution in [0.1, 0.15) is 56.1 Å². The highest BCUT2D eigenvalue weighted by molar-refractivity contribution is 6.09. The third-order valence-electron chi connectivity index (χ3n) is 14.8. The van der Waals surface area contributed by atoms with Crippen molar-refractivity contribution in [3.8, 4) is 0 Å². The maximum atomic E-state index is 13.8. The number of amides is 2. The van der Waals surface area contributed by atoms with Crippen LogP contribution < -0.4 is 19.6 Å². The summed E-state index contributed by atoms with van der Waals surface area (Å²) in [7, 11) is 0. The van der Waals surface area contributed by atoms with Gasteiger partial charge in [0.15, 0.2) is 0 Å². The molecule has 4 aromatic carbocycles. The van der Waals surface area contributed by atoms with Gasteiger partial charge in [-0.15, -0.1) is 0 Å². The van der Waals surface area contributed by atoms with E-state index in [-0.39, 0.29) is 23.9 Å². The van der Waals surface area contributed by atoms with Crippen LogP contribution in [0.4, 0.5) is 22.7 Å². The number of rotatable bonds is 8. The number of aryl methyl sites for hydroxylation is 4. The molecule has 2 saturated heterocycles. The van der Waals surface area contributed by atoms with E-state index in [1.165, 1.54) is 44.3 Å². The average Bonchev–Trinajstić information content (AvgIpc) is 4.17. The number of carbonyl (C=O) groups excluding carboxylic acids is 2. The number of H-pyrrole nitrogens is 2. The zero-order valence-electron chi connectivity index (χ0n) is 39.6. The van der Waals surface area contributed by atoms with Gasteiger partial charge < -0.3 is 34.1 Å². The minimum atomic E-state index is -0.00354. The van der Waals surface area contributed by atoms with Gasteiger partial charge in [-0.25, -0.2) is 0 Å². The fourth-order valence-electron chi connectivity index (χ4n) is 11.3. The molecule has 13 heteroatoms. The van der Waals surface area contributed by atoms with Gasteiger partial charge in [-0.05, 0) is 111 Å². The molecular formula is C56H60N10O3. The first-order valence-electron chi connectivity index (χ1n) is 24.6. The van der Waals surface area contributed by atoms with Crippen molar-refractivity contribution in [2.75, 3.05) is 85.0 Å². The van der Waals surface area contributed by atoms with Crippen LogP contribution >= 0.6 is 0 Å². The van der Waals surface area contributed by atoms with Crippen molar-refractivity contribution in [3.05, 3.63) is 168 Å². The second kappa shape index (κ2) is 19.4. The number of fused-ring (bicyclic) bond motifs is 4. The molecule has 352 valence electrons. The summed E-state index contributed by atoms with van der Waals surface area (Å²) in [6.07, 6.45) is 11.4. The fourth-order valence-corrected chi connectivity index (χ4v) is 11.3. The Kier molecular flexibility index (Phi) is 12.5. The Hall–Kier alpha value is -7.22.